The van der Waals surface area contributed by atoms with Crippen LogP contribution in [0.4, 0.5) is 0 Å². The highest BCUT2D eigenvalue weighted by Crippen LogP contribution is 2.16. The number of Topliss-reactive ketones (excluding diaryl/α,β-unsaturated/α-hetero) is 1. The molecule has 1 nitrogen and oxygen atoms in total. The number of benzene rings is 2. The van der Waals surface area contributed by atoms with Gasteiger partial charge in [0, 0.05) is 12.8 Å². The normalized spacial score (nSPS) is 10.4. The molecule has 86 valence electrons. The zero-order valence-electron chi connectivity index (χ0n) is 10.1. The molecule has 0 radical (unpaired) electrons. The van der Waals surface area contributed by atoms with Gasteiger partial charge in [-0.3, -0.25) is 4.79 Å². The molecule has 17 heavy (non-hydrogen) atoms. The van der Waals surface area contributed by atoms with Crippen LogP contribution in [0.25, 0.3) is 10.8 Å². The maximum absolute atomic E-state index is 11.7. The molecule has 0 saturated heterocycles. The number of allylic oxidation sites excluding steroid dienone is 1. The average molecular weight is 224 g/mol. The molecule has 2 rings (SSSR count). The largest absolute Gasteiger partial charge is 0.299 e. The summed E-state index contributed by atoms with van der Waals surface area (Å²) in [5.74, 6) is 0.229. The fourth-order valence-corrected chi connectivity index (χ4v) is 1.98. The fraction of sp³-hybridized carbons (Fsp3) is 0.188. The van der Waals surface area contributed by atoms with E-state index in [1.54, 1.807) is 0 Å². The maximum atomic E-state index is 11.7. The third kappa shape index (κ3) is 3.04. The molecule has 0 heterocycles. The van der Waals surface area contributed by atoms with Gasteiger partial charge in [0.05, 0.1) is 0 Å². The molecule has 0 saturated carbocycles. The highest BCUT2D eigenvalue weighted by atomic mass is 16.1. The minimum Gasteiger partial charge on any atom is -0.299 e. The van der Waals surface area contributed by atoms with Crippen molar-refractivity contribution in [2.45, 2.75) is 19.8 Å². The number of fused-ring (bicyclic) bond motifs is 1. The second kappa shape index (κ2) is 4.96. The Labute approximate surface area is 102 Å². The Hall–Kier alpha value is -1.89. The molecular weight excluding hydrogens is 208 g/mol. The van der Waals surface area contributed by atoms with E-state index in [-0.39, 0.29) is 5.78 Å². The Morgan fingerprint density at radius 2 is 1.82 bits per heavy atom. The fourth-order valence-electron chi connectivity index (χ4n) is 1.98. The van der Waals surface area contributed by atoms with Gasteiger partial charge >= 0.3 is 0 Å². The average Bonchev–Trinajstić information content (AvgIpc) is 2.27. The van der Waals surface area contributed by atoms with Gasteiger partial charge in [-0.25, -0.2) is 0 Å². The van der Waals surface area contributed by atoms with Crippen LogP contribution in [0.3, 0.4) is 0 Å². The second-order valence-corrected chi connectivity index (χ2v) is 4.53. The van der Waals surface area contributed by atoms with Gasteiger partial charge in [0.15, 0.2) is 0 Å². The van der Waals surface area contributed by atoms with Crippen molar-refractivity contribution in [1.29, 1.82) is 0 Å². The number of rotatable bonds is 4. The van der Waals surface area contributed by atoms with Crippen LogP contribution in [0.5, 0.6) is 0 Å². The molecular formula is C16H16O. The summed E-state index contributed by atoms with van der Waals surface area (Å²) < 4.78 is 0. The summed E-state index contributed by atoms with van der Waals surface area (Å²) in [5.41, 5.74) is 2.01. The van der Waals surface area contributed by atoms with E-state index in [0.29, 0.717) is 12.8 Å². The lowest BCUT2D eigenvalue weighted by atomic mass is 10.0. The van der Waals surface area contributed by atoms with Crippen LogP contribution < -0.4 is 0 Å². The van der Waals surface area contributed by atoms with Crippen LogP contribution in [0.15, 0.2) is 54.6 Å². The van der Waals surface area contributed by atoms with Gasteiger partial charge in [-0.1, -0.05) is 54.6 Å². The predicted octanol–water partition coefficient (Wildman–Crippen LogP) is 3.92. The Kier molecular flexibility index (Phi) is 3.38. The van der Waals surface area contributed by atoms with Crippen molar-refractivity contribution in [1.82, 2.24) is 0 Å². The van der Waals surface area contributed by atoms with Gasteiger partial charge in [-0.2, -0.15) is 0 Å². The first-order chi connectivity index (χ1) is 8.15. The molecule has 0 unspecified atom stereocenters. The van der Waals surface area contributed by atoms with Crippen molar-refractivity contribution in [2.24, 2.45) is 0 Å². The summed E-state index contributed by atoms with van der Waals surface area (Å²) in [6.07, 6.45) is 0.977. The molecule has 0 amide bonds. The van der Waals surface area contributed by atoms with Gasteiger partial charge < -0.3 is 0 Å². The van der Waals surface area contributed by atoms with Crippen LogP contribution in [0, 0.1) is 0 Å². The zero-order valence-corrected chi connectivity index (χ0v) is 10.1. The lowest BCUT2D eigenvalue weighted by Crippen LogP contribution is -2.02. The highest BCUT2D eigenvalue weighted by molar-refractivity contribution is 5.86. The van der Waals surface area contributed by atoms with Gasteiger partial charge in [-0.15, -0.1) is 0 Å². The summed E-state index contributed by atoms with van der Waals surface area (Å²) >= 11 is 0. The van der Waals surface area contributed by atoms with Crippen molar-refractivity contribution < 1.29 is 4.79 Å². The molecule has 0 N–H and O–H groups in total. The van der Waals surface area contributed by atoms with E-state index in [9.17, 15) is 4.79 Å². The van der Waals surface area contributed by atoms with Crippen molar-refractivity contribution >= 4 is 16.6 Å². The third-order valence-corrected chi connectivity index (χ3v) is 2.71. The van der Waals surface area contributed by atoms with Crippen LogP contribution in [-0.4, -0.2) is 5.78 Å². The van der Waals surface area contributed by atoms with Crippen LogP contribution >= 0.6 is 0 Å². The zero-order chi connectivity index (χ0) is 12.3. The summed E-state index contributed by atoms with van der Waals surface area (Å²) in [6.45, 7) is 5.65. The molecule has 1 heteroatoms. The molecule has 0 aliphatic carbocycles. The first-order valence-electron chi connectivity index (χ1n) is 5.79. The summed E-state index contributed by atoms with van der Waals surface area (Å²) in [6, 6.07) is 14.4. The number of hydrogen-bond acceptors (Lipinski definition) is 1. The molecule has 2 aromatic rings. The van der Waals surface area contributed by atoms with Crippen molar-refractivity contribution in [3.63, 3.8) is 0 Å². The Morgan fingerprint density at radius 1 is 1.12 bits per heavy atom. The van der Waals surface area contributed by atoms with Gasteiger partial charge in [0.1, 0.15) is 5.78 Å². The number of ketones is 1. The first-order valence-corrected chi connectivity index (χ1v) is 5.79. The summed E-state index contributed by atoms with van der Waals surface area (Å²) in [5, 5.41) is 2.40. The van der Waals surface area contributed by atoms with E-state index >= 15 is 0 Å². The van der Waals surface area contributed by atoms with Crippen molar-refractivity contribution in [3.8, 4) is 0 Å². The Bertz CT molecular complexity index is 567. The number of carbonyl (C=O) groups is 1. The minimum absolute atomic E-state index is 0.229. The lowest BCUT2D eigenvalue weighted by Gasteiger charge is -2.03. The topological polar surface area (TPSA) is 17.1 Å². The predicted molar refractivity (Wildman–Crippen MR) is 72.1 cm³/mol. The highest BCUT2D eigenvalue weighted by Gasteiger charge is 2.04. The van der Waals surface area contributed by atoms with E-state index in [1.807, 2.05) is 25.1 Å². The molecule has 0 spiro atoms. The maximum Gasteiger partial charge on any atom is 0.141 e. The Morgan fingerprint density at radius 3 is 2.53 bits per heavy atom. The molecule has 0 fully saturated rings. The Balaban J connectivity index is 2.19. The van der Waals surface area contributed by atoms with Crippen LogP contribution in [0.1, 0.15) is 18.9 Å². The molecule has 0 aromatic heterocycles. The molecule has 0 aliphatic rings. The van der Waals surface area contributed by atoms with Crippen LogP contribution in [0.2, 0.25) is 0 Å². The van der Waals surface area contributed by atoms with E-state index in [2.05, 4.69) is 30.8 Å². The second-order valence-electron chi connectivity index (χ2n) is 4.53. The monoisotopic (exact) mass is 224 g/mol. The van der Waals surface area contributed by atoms with E-state index < -0.39 is 0 Å². The summed E-state index contributed by atoms with van der Waals surface area (Å²) in [4.78, 5) is 11.7. The molecule has 2 aromatic carbocycles. The van der Waals surface area contributed by atoms with E-state index in [1.165, 1.54) is 10.8 Å². The van der Waals surface area contributed by atoms with E-state index in [0.717, 1.165) is 11.1 Å². The standard InChI is InChI=1S/C16H16O/c1-12(2)9-16(17)11-13-7-8-14-5-3-4-6-15(14)10-13/h3-8,10H,1,9,11H2,2H3. The summed E-state index contributed by atoms with van der Waals surface area (Å²) in [7, 11) is 0. The SMILES string of the molecule is C=C(C)CC(=O)Cc1ccc2ccccc2c1. The van der Waals surface area contributed by atoms with Crippen LogP contribution in [-0.2, 0) is 11.2 Å². The third-order valence-electron chi connectivity index (χ3n) is 2.71. The number of carbonyl (C=O) groups excluding carboxylic acids is 1. The molecule has 0 bridgehead atoms. The van der Waals surface area contributed by atoms with E-state index in [4.69, 9.17) is 0 Å². The van der Waals surface area contributed by atoms with Crippen molar-refractivity contribution in [2.75, 3.05) is 0 Å². The van der Waals surface area contributed by atoms with Gasteiger partial charge in [-0.05, 0) is 23.3 Å². The van der Waals surface area contributed by atoms with Gasteiger partial charge in [0.2, 0.25) is 0 Å². The molecule has 0 aliphatic heterocycles. The number of hydrogen-bond donors (Lipinski definition) is 0. The van der Waals surface area contributed by atoms with Crippen molar-refractivity contribution in [3.05, 3.63) is 60.2 Å². The molecule has 0 atom stereocenters. The minimum atomic E-state index is 0.229. The van der Waals surface area contributed by atoms with Gasteiger partial charge in [0.25, 0.3) is 0 Å². The lowest BCUT2D eigenvalue weighted by molar-refractivity contribution is -0.117. The smallest absolute Gasteiger partial charge is 0.141 e. The first kappa shape index (κ1) is 11.6. The quantitative estimate of drug-likeness (QED) is 0.719.